The van der Waals surface area contributed by atoms with E-state index >= 15 is 0 Å². The van der Waals surface area contributed by atoms with E-state index in [2.05, 4.69) is 17.4 Å². The van der Waals surface area contributed by atoms with Crippen molar-refractivity contribution in [1.82, 2.24) is 0 Å². The van der Waals surface area contributed by atoms with Gasteiger partial charge in [-0.2, -0.15) is 0 Å². The zero-order valence-electron chi connectivity index (χ0n) is 11.5. The zero-order chi connectivity index (χ0) is 12.6. The van der Waals surface area contributed by atoms with Crippen molar-refractivity contribution in [2.24, 2.45) is 5.92 Å². The van der Waals surface area contributed by atoms with Gasteiger partial charge in [0.15, 0.2) is 0 Å². The average molecular weight is 247 g/mol. The first kappa shape index (κ1) is 13.3. The molecular formula is C16H25NO. The van der Waals surface area contributed by atoms with Crippen LogP contribution in [0.1, 0.15) is 45.4 Å². The van der Waals surface area contributed by atoms with Gasteiger partial charge in [-0.3, -0.25) is 0 Å². The Morgan fingerprint density at radius 2 is 1.94 bits per heavy atom. The SMILES string of the molecule is CCOc1ccccc1NCCC1CCCCC1. The van der Waals surface area contributed by atoms with E-state index in [-0.39, 0.29) is 0 Å². The van der Waals surface area contributed by atoms with Crippen LogP contribution in [0.5, 0.6) is 5.75 Å². The van der Waals surface area contributed by atoms with E-state index in [1.165, 1.54) is 38.5 Å². The summed E-state index contributed by atoms with van der Waals surface area (Å²) >= 11 is 0. The summed E-state index contributed by atoms with van der Waals surface area (Å²) in [6.45, 7) is 3.81. The maximum absolute atomic E-state index is 5.62. The molecule has 1 N–H and O–H groups in total. The molecule has 0 amide bonds. The maximum atomic E-state index is 5.62. The van der Waals surface area contributed by atoms with Gasteiger partial charge in [-0.15, -0.1) is 0 Å². The first-order valence-corrected chi connectivity index (χ1v) is 7.36. The van der Waals surface area contributed by atoms with Gasteiger partial charge in [0.25, 0.3) is 0 Å². The second kappa shape index (κ2) is 7.30. The van der Waals surface area contributed by atoms with E-state index in [0.717, 1.165) is 30.5 Å². The number of anilines is 1. The first-order valence-electron chi connectivity index (χ1n) is 7.36. The molecule has 18 heavy (non-hydrogen) atoms. The number of hydrogen-bond donors (Lipinski definition) is 1. The van der Waals surface area contributed by atoms with E-state index in [0.29, 0.717) is 0 Å². The molecule has 0 atom stereocenters. The van der Waals surface area contributed by atoms with Gasteiger partial charge in [0.1, 0.15) is 5.75 Å². The van der Waals surface area contributed by atoms with Crippen molar-refractivity contribution in [2.45, 2.75) is 45.4 Å². The van der Waals surface area contributed by atoms with E-state index in [1.807, 2.05) is 19.1 Å². The lowest BCUT2D eigenvalue weighted by Crippen LogP contribution is -2.12. The minimum atomic E-state index is 0.724. The lowest BCUT2D eigenvalue weighted by molar-refractivity contribution is 0.339. The predicted octanol–water partition coefficient (Wildman–Crippen LogP) is 4.47. The molecule has 2 nitrogen and oxygen atoms in total. The third kappa shape index (κ3) is 3.94. The van der Waals surface area contributed by atoms with Crippen LogP contribution in [0.15, 0.2) is 24.3 Å². The summed E-state index contributed by atoms with van der Waals surface area (Å²) in [4.78, 5) is 0. The molecule has 0 aliphatic heterocycles. The van der Waals surface area contributed by atoms with Crippen LogP contribution in [-0.4, -0.2) is 13.2 Å². The number of para-hydroxylation sites is 2. The highest BCUT2D eigenvalue weighted by atomic mass is 16.5. The van der Waals surface area contributed by atoms with Crippen LogP contribution in [0.3, 0.4) is 0 Å². The number of hydrogen-bond acceptors (Lipinski definition) is 2. The van der Waals surface area contributed by atoms with E-state index < -0.39 is 0 Å². The Hall–Kier alpha value is -1.18. The number of ether oxygens (including phenoxy) is 1. The molecule has 0 aromatic heterocycles. The summed E-state index contributed by atoms with van der Waals surface area (Å²) in [6.07, 6.45) is 8.45. The topological polar surface area (TPSA) is 21.3 Å². The van der Waals surface area contributed by atoms with Gasteiger partial charge < -0.3 is 10.1 Å². The third-order valence-electron chi connectivity index (χ3n) is 3.78. The predicted molar refractivity (Wildman–Crippen MR) is 77.3 cm³/mol. The summed E-state index contributed by atoms with van der Waals surface area (Å²) in [6, 6.07) is 8.22. The summed E-state index contributed by atoms with van der Waals surface area (Å²) in [7, 11) is 0. The Morgan fingerprint density at radius 3 is 2.72 bits per heavy atom. The van der Waals surface area contributed by atoms with E-state index in [1.54, 1.807) is 0 Å². The zero-order valence-corrected chi connectivity index (χ0v) is 11.5. The molecule has 0 heterocycles. The van der Waals surface area contributed by atoms with Crippen LogP contribution in [0.4, 0.5) is 5.69 Å². The van der Waals surface area contributed by atoms with Crippen molar-refractivity contribution in [2.75, 3.05) is 18.5 Å². The Balaban J connectivity index is 1.78. The number of rotatable bonds is 6. The fourth-order valence-corrected chi connectivity index (χ4v) is 2.78. The molecule has 1 saturated carbocycles. The van der Waals surface area contributed by atoms with Gasteiger partial charge in [0, 0.05) is 6.54 Å². The fourth-order valence-electron chi connectivity index (χ4n) is 2.78. The molecule has 100 valence electrons. The van der Waals surface area contributed by atoms with Gasteiger partial charge in [-0.25, -0.2) is 0 Å². The van der Waals surface area contributed by atoms with Gasteiger partial charge in [-0.05, 0) is 31.4 Å². The Labute approximate surface area is 111 Å². The number of benzene rings is 1. The molecule has 2 heteroatoms. The van der Waals surface area contributed by atoms with Crippen molar-refractivity contribution in [3.63, 3.8) is 0 Å². The van der Waals surface area contributed by atoms with Crippen LogP contribution in [-0.2, 0) is 0 Å². The molecule has 1 aliphatic rings. The molecule has 0 spiro atoms. The van der Waals surface area contributed by atoms with Crippen molar-refractivity contribution < 1.29 is 4.74 Å². The summed E-state index contributed by atoms with van der Waals surface area (Å²) in [5.74, 6) is 1.91. The third-order valence-corrected chi connectivity index (χ3v) is 3.78. The summed E-state index contributed by atoms with van der Waals surface area (Å²) in [5, 5.41) is 3.52. The molecule has 0 bridgehead atoms. The van der Waals surface area contributed by atoms with Gasteiger partial charge in [0.2, 0.25) is 0 Å². The summed E-state index contributed by atoms with van der Waals surface area (Å²) in [5.41, 5.74) is 1.13. The standard InChI is InChI=1S/C16H25NO/c1-2-18-16-11-7-6-10-15(16)17-13-12-14-8-4-3-5-9-14/h6-7,10-11,14,17H,2-5,8-9,12-13H2,1H3. The van der Waals surface area contributed by atoms with Crippen LogP contribution in [0.25, 0.3) is 0 Å². The highest BCUT2D eigenvalue weighted by Crippen LogP contribution is 2.27. The highest BCUT2D eigenvalue weighted by molar-refractivity contribution is 5.56. The Kier molecular flexibility index (Phi) is 5.37. The van der Waals surface area contributed by atoms with Gasteiger partial charge >= 0.3 is 0 Å². The molecule has 2 rings (SSSR count). The average Bonchev–Trinajstić information content (AvgIpc) is 2.42. The van der Waals surface area contributed by atoms with Gasteiger partial charge in [0.05, 0.1) is 12.3 Å². The second-order valence-corrected chi connectivity index (χ2v) is 5.15. The van der Waals surface area contributed by atoms with Crippen LogP contribution in [0, 0.1) is 5.92 Å². The second-order valence-electron chi connectivity index (χ2n) is 5.15. The minimum Gasteiger partial charge on any atom is -0.492 e. The molecule has 0 radical (unpaired) electrons. The fraction of sp³-hybridized carbons (Fsp3) is 0.625. The number of nitrogens with one attached hydrogen (secondary N) is 1. The van der Waals surface area contributed by atoms with Crippen molar-refractivity contribution in [3.05, 3.63) is 24.3 Å². The van der Waals surface area contributed by atoms with Crippen LogP contribution >= 0.6 is 0 Å². The first-order chi connectivity index (χ1) is 8.90. The van der Waals surface area contributed by atoms with Crippen LogP contribution in [0.2, 0.25) is 0 Å². The van der Waals surface area contributed by atoms with E-state index in [4.69, 9.17) is 4.74 Å². The highest BCUT2D eigenvalue weighted by Gasteiger charge is 2.12. The Morgan fingerprint density at radius 1 is 1.17 bits per heavy atom. The quantitative estimate of drug-likeness (QED) is 0.801. The molecule has 0 unspecified atom stereocenters. The van der Waals surface area contributed by atoms with Crippen molar-refractivity contribution in [1.29, 1.82) is 0 Å². The summed E-state index contributed by atoms with van der Waals surface area (Å²) < 4.78 is 5.62. The molecule has 1 aliphatic carbocycles. The monoisotopic (exact) mass is 247 g/mol. The molecule has 1 fully saturated rings. The van der Waals surface area contributed by atoms with Gasteiger partial charge in [-0.1, -0.05) is 44.2 Å². The molecular weight excluding hydrogens is 222 g/mol. The van der Waals surface area contributed by atoms with Crippen LogP contribution < -0.4 is 10.1 Å². The lowest BCUT2D eigenvalue weighted by atomic mass is 9.87. The largest absolute Gasteiger partial charge is 0.492 e. The lowest BCUT2D eigenvalue weighted by Gasteiger charge is -2.22. The maximum Gasteiger partial charge on any atom is 0.142 e. The van der Waals surface area contributed by atoms with E-state index in [9.17, 15) is 0 Å². The van der Waals surface area contributed by atoms with Crippen molar-refractivity contribution in [3.8, 4) is 5.75 Å². The Bertz CT molecular complexity index is 345. The smallest absolute Gasteiger partial charge is 0.142 e. The molecule has 1 aromatic rings. The molecule has 0 saturated heterocycles. The minimum absolute atomic E-state index is 0.724. The molecule has 1 aromatic carbocycles. The van der Waals surface area contributed by atoms with Crippen molar-refractivity contribution >= 4 is 5.69 Å². The normalized spacial score (nSPS) is 16.5.